The molecule has 6 aromatic rings. The molecule has 0 fully saturated rings. The van der Waals surface area contributed by atoms with Crippen LogP contribution in [0.1, 0.15) is 25.0 Å². The van der Waals surface area contributed by atoms with Crippen molar-refractivity contribution in [3.05, 3.63) is 84.2 Å². The van der Waals surface area contributed by atoms with Crippen molar-refractivity contribution in [1.82, 2.24) is 9.97 Å². The standard InChI is InChI=1S/C29H24N2O/c1-17(2)15-20-8-6-7-19-12-14-22-27(30-16-31-28(22)26(19)20)23-13-11-18(3)25-21-9-4-5-10-24(21)32-29(23)25/h4-14,16-17H,15H2,1-3H3. The van der Waals surface area contributed by atoms with Gasteiger partial charge in [-0.25, -0.2) is 9.97 Å². The minimum Gasteiger partial charge on any atom is -0.455 e. The lowest BCUT2D eigenvalue weighted by atomic mass is 9.93. The second-order valence-electron chi connectivity index (χ2n) is 9.03. The highest BCUT2D eigenvalue weighted by Crippen LogP contribution is 2.40. The lowest BCUT2D eigenvalue weighted by Gasteiger charge is -2.13. The fraction of sp³-hybridized carbons (Fsp3) is 0.172. The molecule has 0 atom stereocenters. The van der Waals surface area contributed by atoms with Crippen molar-refractivity contribution in [2.45, 2.75) is 27.2 Å². The molecule has 0 saturated carbocycles. The molecule has 0 aliphatic rings. The molecule has 0 spiro atoms. The van der Waals surface area contributed by atoms with E-state index in [1.54, 1.807) is 6.33 Å². The summed E-state index contributed by atoms with van der Waals surface area (Å²) in [5.74, 6) is 0.574. The van der Waals surface area contributed by atoms with Gasteiger partial charge in [-0.1, -0.05) is 62.4 Å². The summed E-state index contributed by atoms with van der Waals surface area (Å²) in [5, 5.41) is 5.81. The molecular formula is C29H24N2O. The normalized spacial score (nSPS) is 12.0. The van der Waals surface area contributed by atoms with E-state index in [1.807, 2.05) is 12.1 Å². The maximum atomic E-state index is 6.37. The number of hydrogen-bond acceptors (Lipinski definition) is 3. The molecule has 2 aromatic heterocycles. The predicted molar refractivity (Wildman–Crippen MR) is 133 cm³/mol. The molecule has 0 amide bonds. The Bertz CT molecular complexity index is 1640. The van der Waals surface area contributed by atoms with E-state index in [0.717, 1.165) is 50.5 Å². The van der Waals surface area contributed by atoms with Crippen LogP contribution < -0.4 is 0 Å². The van der Waals surface area contributed by atoms with Crippen molar-refractivity contribution in [3.8, 4) is 11.3 Å². The highest BCUT2D eigenvalue weighted by atomic mass is 16.3. The topological polar surface area (TPSA) is 38.9 Å². The van der Waals surface area contributed by atoms with Crippen molar-refractivity contribution < 1.29 is 4.42 Å². The number of nitrogens with zero attached hydrogens (tertiary/aromatic N) is 2. The third kappa shape index (κ3) is 2.81. The van der Waals surface area contributed by atoms with Crippen LogP contribution in [0.15, 0.2) is 77.5 Å². The highest BCUT2D eigenvalue weighted by molar-refractivity contribution is 6.15. The number of rotatable bonds is 3. The Balaban J connectivity index is 1.70. The van der Waals surface area contributed by atoms with Crippen LogP contribution in [0.25, 0.3) is 54.9 Å². The first-order chi connectivity index (χ1) is 15.6. The van der Waals surface area contributed by atoms with Crippen LogP contribution in [-0.2, 0) is 6.42 Å². The molecule has 0 radical (unpaired) electrons. The number of benzene rings is 4. The molecule has 2 heterocycles. The van der Waals surface area contributed by atoms with Crippen molar-refractivity contribution in [2.75, 3.05) is 0 Å². The average molecular weight is 417 g/mol. The number of fused-ring (bicyclic) bond motifs is 6. The first-order valence-electron chi connectivity index (χ1n) is 11.2. The minimum absolute atomic E-state index is 0.574. The van der Waals surface area contributed by atoms with Crippen molar-refractivity contribution in [1.29, 1.82) is 0 Å². The van der Waals surface area contributed by atoms with Gasteiger partial charge in [0.25, 0.3) is 0 Å². The van der Waals surface area contributed by atoms with E-state index in [9.17, 15) is 0 Å². The summed E-state index contributed by atoms with van der Waals surface area (Å²) >= 11 is 0. The first kappa shape index (κ1) is 19.0. The summed E-state index contributed by atoms with van der Waals surface area (Å²) < 4.78 is 6.37. The quantitative estimate of drug-likeness (QED) is 0.276. The molecule has 0 N–H and O–H groups in total. The fourth-order valence-corrected chi connectivity index (χ4v) is 4.98. The lowest BCUT2D eigenvalue weighted by molar-refractivity contribution is 0.650. The fourth-order valence-electron chi connectivity index (χ4n) is 4.98. The summed E-state index contributed by atoms with van der Waals surface area (Å²) in [4.78, 5) is 9.52. The number of furan rings is 1. The van der Waals surface area contributed by atoms with Gasteiger partial charge in [-0.3, -0.25) is 0 Å². The minimum atomic E-state index is 0.574. The van der Waals surface area contributed by atoms with E-state index in [-0.39, 0.29) is 0 Å². The molecule has 3 nitrogen and oxygen atoms in total. The van der Waals surface area contributed by atoms with Gasteiger partial charge in [0.2, 0.25) is 0 Å². The summed E-state index contributed by atoms with van der Waals surface area (Å²) in [6, 6.07) is 23.4. The lowest BCUT2D eigenvalue weighted by Crippen LogP contribution is -1.97. The smallest absolute Gasteiger partial charge is 0.145 e. The Kier molecular flexibility index (Phi) is 4.25. The van der Waals surface area contributed by atoms with Crippen LogP contribution >= 0.6 is 0 Å². The maximum absolute atomic E-state index is 6.37. The molecule has 3 heteroatoms. The molecule has 0 saturated heterocycles. The van der Waals surface area contributed by atoms with Crippen molar-refractivity contribution >= 4 is 43.6 Å². The monoisotopic (exact) mass is 416 g/mol. The van der Waals surface area contributed by atoms with Crippen LogP contribution in [0.3, 0.4) is 0 Å². The van der Waals surface area contributed by atoms with E-state index >= 15 is 0 Å². The summed E-state index contributed by atoms with van der Waals surface area (Å²) in [6.45, 7) is 6.65. The zero-order chi connectivity index (χ0) is 21.8. The van der Waals surface area contributed by atoms with Gasteiger partial charge >= 0.3 is 0 Å². The first-order valence-corrected chi connectivity index (χ1v) is 11.2. The van der Waals surface area contributed by atoms with Gasteiger partial charge in [-0.2, -0.15) is 0 Å². The number of hydrogen-bond donors (Lipinski definition) is 0. The van der Waals surface area contributed by atoms with E-state index in [2.05, 4.69) is 75.4 Å². The molecule has 0 bridgehead atoms. The molecule has 32 heavy (non-hydrogen) atoms. The highest BCUT2D eigenvalue weighted by Gasteiger charge is 2.18. The van der Waals surface area contributed by atoms with Crippen LogP contribution in [0.2, 0.25) is 0 Å². The van der Waals surface area contributed by atoms with Crippen LogP contribution in [0.4, 0.5) is 0 Å². The molecule has 0 unspecified atom stereocenters. The van der Waals surface area contributed by atoms with E-state index < -0.39 is 0 Å². The third-order valence-electron chi connectivity index (χ3n) is 6.35. The summed E-state index contributed by atoms with van der Waals surface area (Å²) in [5.41, 5.74) is 7.27. The Hall–Kier alpha value is -3.72. The van der Waals surface area contributed by atoms with Gasteiger partial charge in [-0.15, -0.1) is 0 Å². The second-order valence-corrected chi connectivity index (χ2v) is 9.03. The second kappa shape index (κ2) is 7.16. The van der Waals surface area contributed by atoms with Gasteiger partial charge in [-0.05, 0) is 54.0 Å². The van der Waals surface area contributed by atoms with Gasteiger partial charge < -0.3 is 4.42 Å². The average Bonchev–Trinajstić information content (AvgIpc) is 3.19. The summed E-state index contributed by atoms with van der Waals surface area (Å²) in [7, 11) is 0. The number of aromatic nitrogens is 2. The zero-order valence-corrected chi connectivity index (χ0v) is 18.5. The maximum Gasteiger partial charge on any atom is 0.145 e. The van der Waals surface area contributed by atoms with E-state index in [1.165, 1.54) is 21.9 Å². The molecule has 0 aliphatic heterocycles. The molecule has 156 valence electrons. The number of aryl methyl sites for hydroxylation is 1. The van der Waals surface area contributed by atoms with E-state index in [4.69, 9.17) is 14.4 Å². The van der Waals surface area contributed by atoms with Crippen LogP contribution in [-0.4, -0.2) is 9.97 Å². The molecule has 4 aromatic carbocycles. The number of para-hydroxylation sites is 1. The zero-order valence-electron chi connectivity index (χ0n) is 18.5. The Morgan fingerprint density at radius 3 is 2.56 bits per heavy atom. The predicted octanol–water partition coefficient (Wildman–Crippen LogP) is 7.86. The van der Waals surface area contributed by atoms with Crippen molar-refractivity contribution in [2.24, 2.45) is 5.92 Å². The SMILES string of the molecule is Cc1ccc(-c2ncnc3c2ccc2cccc(CC(C)C)c23)c2oc3ccccc3c12. The van der Waals surface area contributed by atoms with Gasteiger partial charge in [0.05, 0.1) is 11.2 Å². The van der Waals surface area contributed by atoms with Gasteiger partial charge in [0.1, 0.15) is 17.5 Å². The van der Waals surface area contributed by atoms with Crippen LogP contribution in [0, 0.1) is 12.8 Å². The largest absolute Gasteiger partial charge is 0.455 e. The van der Waals surface area contributed by atoms with Crippen molar-refractivity contribution in [3.63, 3.8) is 0 Å². The Morgan fingerprint density at radius 1 is 0.812 bits per heavy atom. The van der Waals surface area contributed by atoms with Crippen LogP contribution in [0.5, 0.6) is 0 Å². The molecule has 6 rings (SSSR count). The molecular weight excluding hydrogens is 392 g/mol. The van der Waals surface area contributed by atoms with E-state index in [0.29, 0.717) is 5.92 Å². The third-order valence-corrected chi connectivity index (χ3v) is 6.35. The Labute approximate surface area is 186 Å². The molecule has 0 aliphatic carbocycles. The summed E-state index contributed by atoms with van der Waals surface area (Å²) in [6.07, 6.45) is 2.71. The Morgan fingerprint density at radius 2 is 1.69 bits per heavy atom. The van der Waals surface area contributed by atoms with Gasteiger partial charge in [0, 0.05) is 27.1 Å². The van der Waals surface area contributed by atoms with Gasteiger partial charge in [0.15, 0.2) is 0 Å².